The average molecular weight is 458 g/mol. The van der Waals surface area contributed by atoms with Crippen LogP contribution in [0.5, 0.6) is 11.5 Å². The number of imidazole rings is 1. The highest BCUT2D eigenvalue weighted by Crippen LogP contribution is 2.35. The summed E-state index contributed by atoms with van der Waals surface area (Å²) in [4.78, 5) is 23.3. The maximum Gasteiger partial charge on any atom is 0.410 e. The third kappa shape index (κ3) is 4.26. The molecular formula is C26H27N5O3. The number of rotatable bonds is 4. The fourth-order valence-electron chi connectivity index (χ4n) is 4.00. The number of benzene rings is 2. The molecule has 8 heteroatoms. The maximum absolute atomic E-state index is 12.4. The molecule has 2 N–H and O–H groups in total. The largest absolute Gasteiger partial charge is 0.457 e. The van der Waals surface area contributed by atoms with E-state index in [9.17, 15) is 4.79 Å². The summed E-state index contributed by atoms with van der Waals surface area (Å²) in [6, 6.07) is 17.4. The first-order chi connectivity index (χ1) is 16.3. The van der Waals surface area contributed by atoms with Crippen molar-refractivity contribution in [1.82, 2.24) is 19.3 Å². The molecule has 2 aromatic carbocycles. The number of para-hydroxylation sites is 1. The second-order valence-electron chi connectivity index (χ2n) is 9.37. The highest BCUT2D eigenvalue weighted by Gasteiger charge is 2.37. The Bertz CT molecular complexity index is 1320. The van der Waals surface area contributed by atoms with Gasteiger partial charge in [-0.05, 0) is 57.2 Å². The minimum absolute atomic E-state index is 0.0799. The van der Waals surface area contributed by atoms with Gasteiger partial charge in [0.1, 0.15) is 40.0 Å². The van der Waals surface area contributed by atoms with Crippen molar-refractivity contribution in [2.45, 2.75) is 32.3 Å². The van der Waals surface area contributed by atoms with Gasteiger partial charge in [-0.1, -0.05) is 18.2 Å². The average Bonchev–Trinajstić information content (AvgIpc) is 3.13. The van der Waals surface area contributed by atoms with Crippen LogP contribution < -0.4 is 10.5 Å². The van der Waals surface area contributed by atoms with Crippen LogP contribution in [0.4, 0.5) is 10.6 Å². The minimum atomic E-state index is -0.522. The number of carbonyl (C=O) groups excluding carboxylic acids is 1. The van der Waals surface area contributed by atoms with E-state index in [-0.39, 0.29) is 12.0 Å². The third-order valence-corrected chi connectivity index (χ3v) is 5.62. The normalized spacial score (nSPS) is 14.1. The molecule has 0 unspecified atom stereocenters. The number of fused-ring (bicyclic) bond motifs is 1. The Morgan fingerprint density at radius 3 is 2.38 bits per heavy atom. The zero-order chi connectivity index (χ0) is 23.9. The van der Waals surface area contributed by atoms with Crippen LogP contribution >= 0.6 is 0 Å². The van der Waals surface area contributed by atoms with Crippen molar-refractivity contribution in [2.75, 3.05) is 18.8 Å². The number of likely N-dealkylation sites (tertiary alicyclic amines) is 1. The number of ether oxygens (including phenoxy) is 2. The molecule has 5 rings (SSSR count). The molecule has 0 bridgehead atoms. The molecule has 1 aliphatic rings. The number of nitrogens with two attached hydrogens (primary N) is 1. The fourth-order valence-corrected chi connectivity index (χ4v) is 4.00. The molecule has 1 saturated heterocycles. The molecule has 0 atom stereocenters. The number of nitrogens with zero attached hydrogens (tertiary/aromatic N) is 4. The van der Waals surface area contributed by atoms with Crippen molar-refractivity contribution in [3.05, 3.63) is 72.8 Å². The predicted molar refractivity (Wildman–Crippen MR) is 130 cm³/mol. The summed E-state index contributed by atoms with van der Waals surface area (Å²) in [5.41, 5.74) is 8.16. The third-order valence-electron chi connectivity index (χ3n) is 5.62. The predicted octanol–water partition coefficient (Wildman–Crippen LogP) is 5.11. The smallest absolute Gasteiger partial charge is 0.410 e. The van der Waals surface area contributed by atoms with Gasteiger partial charge in [-0.3, -0.25) is 4.40 Å². The SMILES string of the molecule is CC(C)(C)OC(=O)N1CC(c2nc(-c3ccc(Oc4ccccc4)cc3)c3c(N)nccn23)C1. The molecule has 0 aliphatic carbocycles. The second kappa shape index (κ2) is 8.37. The standard InChI is InChI=1S/C26H27N5O3/c1-26(2,3)34-25(32)30-15-18(16-30)24-29-21(22-23(27)28-13-14-31(22)24)17-9-11-20(12-10-17)33-19-7-5-4-6-8-19/h4-14,18H,15-16H2,1-3H3,(H2,27,28). The molecule has 4 aromatic rings. The van der Waals surface area contributed by atoms with Gasteiger partial charge in [0.05, 0.1) is 5.92 Å². The molecule has 1 fully saturated rings. The number of hydrogen-bond donors (Lipinski definition) is 1. The highest BCUT2D eigenvalue weighted by molar-refractivity contribution is 5.85. The lowest BCUT2D eigenvalue weighted by atomic mass is 10.00. The van der Waals surface area contributed by atoms with E-state index in [1.807, 2.05) is 86.0 Å². The summed E-state index contributed by atoms with van der Waals surface area (Å²) < 4.78 is 13.4. The van der Waals surface area contributed by atoms with Gasteiger partial charge in [0, 0.05) is 31.0 Å². The van der Waals surface area contributed by atoms with E-state index in [1.165, 1.54) is 0 Å². The van der Waals surface area contributed by atoms with Crippen LogP contribution in [0.1, 0.15) is 32.5 Å². The van der Waals surface area contributed by atoms with E-state index in [1.54, 1.807) is 11.1 Å². The number of hydrogen-bond acceptors (Lipinski definition) is 6. The van der Waals surface area contributed by atoms with Gasteiger partial charge in [0.2, 0.25) is 0 Å². The first-order valence-corrected chi connectivity index (χ1v) is 11.2. The van der Waals surface area contributed by atoms with Gasteiger partial charge >= 0.3 is 6.09 Å². The topological polar surface area (TPSA) is 95.0 Å². The van der Waals surface area contributed by atoms with E-state index in [0.29, 0.717) is 18.9 Å². The first-order valence-electron chi connectivity index (χ1n) is 11.2. The molecule has 0 spiro atoms. The van der Waals surface area contributed by atoms with Crippen LogP contribution in [0.25, 0.3) is 16.8 Å². The van der Waals surface area contributed by atoms with Crippen molar-refractivity contribution >= 4 is 17.4 Å². The van der Waals surface area contributed by atoms with E-state index < -0.39 is 5.60 Å². The molecule has 3 heterocycles. The van der Waals surface area contributed by atoms with Crippen molar-refractivity contribution in [2.24, 2.45) is 0 Å². The van der Waals surface area contributed by atoms with Crippen LogP contribution in [-0.4, -0.2) is 44.1 Å². The molecule has 174 valence electrons. The zero-order valence-electron chi connectivity index (χ0n) is 19.4. The lowest BCUT2D eigenvalue weighted by Gasteiger charge is -2.39. The molecule has 8 nitrogen and oxygen atoms in total. The van der Waals surface area contributed by atoms with Crippen LogP contribution in [0.2, 0.25) is 0 Å². The Morgan fingerprint density at radius 2 is 1.71 bits per heavy atom. The highest BCUT2D eigenvalue weighted by atomic mass is 16.6. The Morgan fingerprint density at radius 1 is 1.03 bits per heavy atom. The van der Waals surface area contributed by atoms with E-state index >= 15 is 0 Å². The Balaban J connectivity index is 1.41. The van der Waals surface area contributed by atoms with Crippen molar-refractivity contribution in [1.29, 1.82) is 0 Å². The van der Waals surface area contributed by atoms with Crippen LogP contribution in [0, 0.1) is 0 Å². The van der Waals surface area contributed by atoms with Gasteiger partial charge in [-0.2, -0.15) is 0 Å². The molecule has 0 radical (unpaired) electrons. The monoisotopic (exact) mass is 457 g/mol. The quantitative estimate of drug-likeness (QED) is 0.458. The summed E-state index contributed by atoms with van der Waals surface area (Å²) in [5.74, 6) is 2.85. The number of amides is 1. The lowest BCUT2D eigenvalue weighted by molar-refractivity contribution is 0.00748. The number of nitrogen functional groups attached to an aromatic ring is 1. The molecule has 1 aliphatic heterocycles. The maximum atomic E-state index is 12.4. The van der Waals surface area contributed by atoms with E-state index in [2.05, 4.69) is 4.98 Å². The molecule has 0 saturated carbocycles. The summed E-state index contributed by atoms with van der Waals surface area (Å²) in [6.45, 7) is 6.67. The van der Waals surface area contributed by atoms with Gasteiger partial charge in [0.15, 0.2) is 0 Å². The van der Waals surface area contributed by atoms with Gasteiger partial charge in [-0.25, -0.2) is 14.8 Å². The Kier molecular flexibility index (Phi) is 5.36. The molecule has 1 amide bonds. The summed E-state index contributed by atoms with van der Waals surface area (Å²) >= 11 is 0. The number of aromatic nitrogens is 3. The number of carbonyl (C=O) groups is 1. The Labute approximate surface area is 198 Å². The Hall–Kier alpha value is -4.07. The van der Waals surface area contributed by atoms with Crippen LogP contribution in [-0.2, 0) is 4.74 Å². The zero-order valence-corrected chi connectivity index (χ0v) is 19.4. The first kappa shape index (κ1) is 21.8. The summed E-state index contributed by atoms with van der Waals surface area (Å²) in [5, 5.41) is 0. The van der Waals surface area contributed by atoms with Crippen molar-refractivity contribution < 1.29 is 14.3 Å². The second-order valence-corrected chi connectivity index (χ2v) is 9.37. The van der Waals surface area contributed by atoms with Gasteiger partial charge < -0.3 is 20.1 Å². The van der Waals surface area contributed by atoms with Crippen LogP contribution in [0.3, 0.4) is 0 Å². The lowest BCUT2D eigenvalue weighted by Crippen LogP contribution is -2.50. The van der Waals surface area contributed by atoms with Gasteiger partial charge in [0.25, 0.3) is 0 Å². The van der Waals surface area contributed by atoms with Crippen molar-refractivity contribution in [3.8, 4) is 22.8 Å². The van der Waals surface area contributed by atoms with Crippen molar-refractivity contribution in [3.63, 3.8) is 0 Å². The van der Waals surface area contributed by atoms with E-state index in [4.69, 9.17) is 20.2 Å². The molecule has 34 heavy (non-hydrogen) atoms. The summed E-state index contributed by atoms with van der Waals surface area (Å²) in [7, 11) is 0. The molecular weight excluding hydrogens is 430 g/mol. The molecule has 2 aromatic heterocycles. The minimum Gasteiger partial charge on any atom is -0.457 e. The van der Waals surface area contributed by atoms with Crippen LogP contribution in [0.15, 0.2) is 67.0 Å². The van der Waals surface area contributed by atoms with Gasteiger partial charge in [-0.15, -0.1) is 0 Å². The van der Waals surface area contributed by atoms with E-state index in [0.717, 1.165) is 34.1 Å². The summed E-state index contributed by atoms with van der Waals surface area (Å²) in [6.07, 6.45) is 3.22. The fraction of sp³-hybridized carbons (Fsp3) is 0.269. The number of anilines is 1.